The summed E-state index contributed by atoms with van der Waals surface area (Å²) in [7, 11) is 0. The Hall–Kier alpha value is -0.260. The average molecular weight is 218 g/mol. The Morgan fingerprint density at radius 2 is 2.50 bits per heavy atom. The van der Waals surface area contributed by atoms with Crippen LogP contribution in [0.3, 0.4) is 0 Å². The Balaban J connectivity index is 2.25. The maximum Gasteiger partial charge on any atom is 0.247 e. The molecule has 3 unspecified atom stereocenters. The minimum atomic E-state index is -1.06. The van der Waals surface area contributed by atoms with E-state index in [0.717, 1.165) is 6.42 Å². The lowest BCUT2D eigenvalue weighted by Crippen LogP contribution is -2.46. The van der Waals surface area contributed by atoms with Gasteiger partial charge in [0.1, 0.15) is 6.10 Å². The molecule has 0 aromatic carbocycles. The van der Waals surface area contributed by atoms with Gasteiger partial charge in [-0.2, -0.15) is 11.8 Å². The maximum absolute atomic E-state index is 10.6. The summed E-state index contributed by atoms with van der Waals surface area (Å²) in [6.07, 6.45) is 1.24. The third kappa shape index (κ3) is 3.48. The topological polar surface area (TPSA) is 75.3 Å². The van der Waals surface area contributed by atoms with Crippen LogP contribution in [0.1, 0.15) is 19.8 Å². The fourth-order valence-corrected chi connectivity index (χ4v) is 2.72. The number of hydrogen-bond donors (Lipinski definition) is 3. The molecular weight excluding hydrogens is 200 g/mol. The molecule has 0 aliphatic carbocycles. The highest BCUT2D eigenvalue weighted by Gasteiger charge is 2.22. The number of primary amides is 1. The monoisotopic (exact) mass is 218 g/mol. The second-order valence-electron chi connectivity index (χ2n) is 3.65. The van der Waals surface area contributed by atoms with Crippen LogP contribution in [0.25, 0.3) is 0 Å². The van der Waals surface area contributed by atoms with E-state index in [2.05, 4.69) is 12.2 Å². The molecule has 1 amide bonds. The van der Waals surface area contributed by atoms with Gasteiger partial charge in [-0.15, -0.1) is 0 Å². The zero-order valence-electron chi connectivity index (χ0n) is 8.40. The fourth-order valence-electron chi connectivity index (χ4n) is 1.55. The number of thioether (sulfide) groups is 1. The maximum atomic E-state index is 10.6. The van der Waals surface area contributed by atoms with E-state index in [0.29, 0.717) is 11.3 Å². The molecule has 0 saturated carbocycles. The van der Waals surface area contributed by atoms with Crippen molar-refractivity contribution in [1.29, 1.82) is 0 Å². The van der Waals surface area contributed by atoms with Crippen molar-refractivity contribution >= 4 is 17.7 Å². The van der Waals surface area contributed by atoms with Crippen molar-refractivity contribution in [2.24, 2.45) is 5.73 Å². The molecular formula is C9H18N2O2S. The highest BCUT2D eigenvalue weighted by atomic mass is 32.2. The van der Waals surface area contributed by atoms with E-state index in [1.165, 1.54) is 12.2 Å². The summed E-state index contributed by atoms with van der Waals surface area (Å²) in [4.78, 5) is 10.6. The lowest BCUT2D eigenvalue weighted by atomic mass is 10.1. The van der Waals surface area contributed by atoms with Crippen LogP contribution in [0.5, 0.6) is 0 Å². The number of amides is 1. The predicted molar refractivity (Wildman–Crippen MR) is 58.1 cm³/mol. The van der Waals surface area contributed by atoms with E-state index in [1.54, 1.807) is 0 Å². The molecule has 1 heterocycles. The van der Waals surface area contributed by atoms with Gasteiger partial charge in [0, 0.05) is 17.8 Å². The molecule has 4 nitrogen and oxygen atoms in total. The lowest BCUT2D eigenvalue weighted by Gasteiger charge is -2.29. The van der Waals surface area contributed by atoms with Crippen LogP contribution >= 0.6 is 11.8 Å². The first-order chi connectivity index (χ1) is 6.61. The normalized spacial score (nSPS) is 29.9. The Morgan fingerprint density at radius 1 is 1.79 bits per heavy atom. The number of aliphatic hydroxyl groups excluding tert-OH is 1. The predicted octanol–water partition coefficient (Wildman–Crippen LogP) is -0.294. The zero-order valence-corrected chi connectivity index (χ0v) is 9.22. The molecule has 1 aliphatic rings. The highest BCUT2D eigenvalue weighted by molar-refractivity contribution is 7.99. The number of carbonyl (C=O) groups excluding carboxylic acids is 1. The van der Waals surface area contributed by atoms with E-state index in [-0.39, 0.29) is 6.54 Å². The van der Waals surface area contributed by atoms with Crippen LogP contribution in [0.4, 0.5) is 0 Å². The van der Waals surface area contributed by atoms with Crippen molar-refractivity contribution in [2.45, 2.75) is 37.2 Å². The summed E-state index contributed by atoms with van der Waals surface area (Å²) < 4.78 is 0. The minimum Gasteiger partial charge on any atom is -0.382 e. The molecule has 0 radical (unpaired) electrons. The van der Waals surface area contributed by atoms with Crippen LogP contribution in [0.2, 0.25) is 0 Å². The van der Waals surface area contributed by atoms with E-state index in [1.807, 2.05) is 11.8 Å². The SMILES string of the molecule is CC1SCCCC1NCC(O)C(N)=O. The van der Waals surface area contributed by atoms with Gasteiger partial charge >= 0.3 is 0 Å². The van der Waals surface area contributed by atoms with Crippen LogP contribution < -0.4 is 11.1 Å². The summed E-state index contributed by atoms with van der Waals surface area (Å²) in [6.45, 7) is 2.43. The second kappa shape index (κ2) is 5.58. The lowest BCUT2D eigenvalue weighted by molar-refractivity contribution is -0.125. The highest BCUT2D eigenvalue weighted by Crippen LogP contribution is 2.24. The van der Waals surface area contributed by atoms with Gasteiger partial charge in [0.25, 0.3) is 0 Å². The molecule has 0 spiro atoms. The number of carbonyl (C=O) groups is 1. The van der Waals surface area contributed by atoms with Crippen LogP contribution in [-0.4, -0.2) is 40.7 Å². The van der Waals surface area contributed by atoms with Crippen molar-refractivity contribution in [3.63, 3.8) is 0 Å². The third-order valence-corrected chi connectivity index (χ3v) is 3.89. The van der Waals surface area contributed by atoms with E-state index in [9.17, 15) is 9.90 Å². The Bertz CT molecular complexity index is 201. The average Bonchev–Trinajstić information content (AvgIpc) is 2.16. The van der Waals surface area contributed by atoms with Crippen molar-refractivity contribution in [3.05, 3.63) is 0 Å². The van der Waals surface area contributed by atoms with Crippen LogP contribution in [-0.2, 0) is 4.79 Å². The smallest absolute Gasteiger partial charge is 0.247 e. The summed E-state index contributed by atoms with van der Waals surface area (Å²) in [5.74, 6) is 0.547. The van der Waals surface area contributed by atoms with Crippen molar-refractivity contribution in [3.8, 4) is 0 Å². The van der Waals surface area contributed by atoms with Crippen LogP contribution in [0, 0.1) is 0 Å². The first kappa shape index (κ1) is 11.8. The molecule has 1 saturated heterocycles. The van der Waals surface area contributed by atoms with Gasteiger partial charge < -0.3 is 16.2 Å². The Kier molecular flexibility index (Phi) is 4.71. The molecule has 82 valence electrons. The molecule has 3 atom stereocenters. The molecule has 0 aromatic rings. The molecule has 5 heteroatoms. The minimum absolute atomic E-state index is 0.269. The molecule has 1 rings (SSSR count). The number of aliphatic hydroxyl groups is 1. The molecule has 0 aromatic heterocycles. The quantitative estimate of drug-likeness (QED) is 0.606. The van der Waals surface area contributed by atoms with Crippen molar-refractivity contribution in [1.82, 2.24) is 5.32 Å². The Labute approximate surface area is 88.6 Å². The van der Waals surface area contributed by atoms with Gasteiger partial charge in [-0.25, -0.2) is 0 Å². The molecule has 0 bridgehead atoms. The van der Waals surface area contributed by atoms with Crippen molar-refractivity contribution in [2.75, 3.05) is 12.3 Å². The summed E-state index contributed by atoms with van der Waals surface area (Å²) in [5.41, 5.74) is 4.95. The number of hydrogen-bond acceptors (Lipinski definition) is 4. The number of rotatable bonds is 4. The van der Waals surface area contributed by atoms with Gasteiger partial charge in [-0.05, 0) is 18.6 Å². The fraction of sp³-hybridized carbons (Fsp3) is 0.889. The first-order valence-corrected chi connectivity index (χ1v) is 5.98. The second-order valence-corrected chi connectivity index (χ2v) is 5.14. The van der Waals surface area contributed by atoms with E-state index in [4.69, 9.17) is 5.73 Å². The van der Waals surface area contributed by atoms with Gasteiger partial charge in [-0.1, -0.05) is 6.92 Å². The summed E-state index contributed by atoms with van der Waals surface area (Å²) in [5, 5.41) is 12.9. The van der Waals surface area contributed by atoms with Gasteiger partial charge in [0.2, 0.25) is 5.91 Å². The standard InChI is InChI=1S/C9H18N2O2S/c1-6-7(3-2-4-14-6)11-5-8(12)9(10)13/h6-8,11-12H,2-5H2,1H3,(H2,10,13). The van der Waals surface area contributed by atoms with Crippen LogP contribution in [0.15, 0.2) is 0 Å². The van der Waals surface area contributed by atoms with Gasteiger partial charge in [-0.3, -0.25) is 4.79 Å². The summed E-state index contributed by atoms with van der Waals surface area (Å²) >= 11 is 1.93. The number of nitrogens with one attached hydrogen (secondary N) is 1. The molecule has 4 N–H and O–H groups in total. The van der Waals surface area contributed by atoms with Gasteiger partial charge in [0.05, 0.1) is 0 Å². The first-order valence-electron chi connectivity index (χ1n) is 4.93. The van der Waals surface area contributed by atoms with Gasteiger partial charge in [0.15, 0.2) is 0 Å². The Morgan fingerprint density at radius 3 is 3.07 bits per heavy atom. The largest absolute Gasteiger partial charge is 0.382 e. The zero-order chi connectivity index (χ0) is 10.6. The summed E-state index contributed by atoms with van der Waals surface area (Å²) in [6, 6.07) is 0.391. The third-order valence-electron chi connectivity index (χ3n) is 2.51. The van der Waals surface area contributed by atoms with Crippen molar-refractivity contribution < 1.29 is 9.90 Å². The molecule has 1 fully saturated rings. The van der Waals surface area contributed by atoms with E-state index >= 15 is 0 Å². The molecule has 14 heavy (non-hydrogen) atoms. The molecule has 1 aliphatic heterocycles. The van der Waals surface area contributed by atoms with E-state index < -0.39 is 12.0 Å². The number of nitrogens with two attached hydrogens (primary N) is 1.